The molecule has 4 aromatic rings. The Bertz CT molecular complexity index is 1340. The van der Waals surface area contributed by atoms with Crippen molar-refractivity contribution in [2.24, 2.45) is 0 Å². The number of methoxy groups -OCH3 is 1. The molecule has 1 atom stereocenters. The van der Waals surface area contributed by atoms with Crippen LogP contribution in [-0.2, 0) is 17.8 Å². The number of ether oxygens (including phenoxy) is 1. The number of nitrogens with one attached hydrogen (secondary N) is 1. The van der Waals surface area contributed by atoms with Gasteiger partial charge in [-0.05, 0) is 42.3 Å². The highest BCUT2D eigenvalue weighted by atomic mass is 32.1. The van der Waals surface area contributed by atoms with Crippen LogP contribution in [0.4, 0.5) is 5.13 Å². The molecule has 1 unspecified atom stereocenters. The first-order valence-electron chi connectivity index (χ1n) is 12.0. The molecule has 0 saturated carbocycles. The van der Waals surface area contributed by atoms with Crippen LogP contribution >= 0.6 is 11.3 Å². The van der Waals surface area contributed by atoms with Gasteiger partial charge < -0.3 is 20.1 Å². The number of amides is 1. The van der Waals surface area contributed by atoms with E-state index in [1.165, 1.54) is 0 Å². The predicted molar refractivity (Wildman–Crippen MR) is 146 cm³/mol. The van der Waals surface area contributed by atoms with Gasteiger partial charge >= 0.3 is 5.97 Å². The average Bonchev–Trinajstić information content (AvgIpc) is 3.42. The number of hydrogen-bond acceptors (Lipinski definition) is 6. The van der Waals surface area contributed by atoms with Crippen LogP contribution in [0.25, 0.3) is 11.3 Å². The van der Waals surface area contributed by atoms with Crippen molar-refractivity contribution in [2.45, 2.75) is 25.9 Å². The number of rotatable bonds is 11. The fraction of sp³-hybridized carbons (Fsp3) is 0.207. The summed E-state index contributed by atoms with van der Waals surface area (Å²) in [6, 6.07) is 23.3. The summed E-state index contributed by atoms with van der Waals surface area (Å²) in [7, 11) is 1.65. The molecule has 8 heteroatoms. The summed E-state index contributed by atoms with van der Waals surface area (Å²) in [6.07, 6.45) is 0.219. The van der Waals surface area contributed by atoms with Crippen LogP contribution in [0.3, 0.4) is 0 Å². The lowest BCUT2D eigenvalue weighted by atomic mass is 10.1. The Labute approximate surface area is 220 Å². The van der Waals surface area contributed by atoms with Gasteiger partial charge in [-0.1, -0.05) is 54.6 Å². The van der Waals surface area contributed by atoms with Gasteiger partial charge in [0.1, 0.15) is 11.8 Å². The van der Waals surface area contributed by atoms with E-state index in [2.05, 4.69) is 17.1 Å². The van der Waals surface area contributed by atoms with Gasteiger partial charge in [0.05, 0.1) is 12.8 Å². The van der Waals surface area contributed by atoms with Crippen LogP contribution in [0.15, 0.2) is 84.2 Å². The standard InChI is InChI=1S/C29H29N3O4S/c1-3-32(29-31-26(19-37-29)23-10-7-11-24(17-23)36-2)18-21-12-14-22(15-13-21)27(33)30-25(28(34)35)16-20-8-5-4-6-9-20/h4-15,17,19,25H,3,16,18H2,1-2H3,(H,30,33)(H,34,35). The summed E-state index contributed by atoms with van der Waals surface area (Å²) in [6.45, 7) is 3.48. The van der Waals surface area contributed by atoms with E-state index in [0.717, 1.165) is 39.8 Å². The van der Waals surface area contributed by atoms with Crippen LogP contribution in [0.1, 0.15) is 28.4 Å². The minimum Gasteiger partial charge on any atom is -0.497 e. The third-order valence-electron chi connectivity index (χ3n) is 5.99. The summed E-state index contributed by atoms with van der Waals surface area (Å²) < 4.78 is 5.32. The Balaban J connectivity index is 1.40. The van der Waals surface area contributed by atoms with Crippen molar-refractivity contribution in [3.8, 4) is 17.0 Å². The van der Waals surface area contributed by atoms with Crippen molar-refractivity contribution in [1.82, 2.24) is 10.3 Å². The Hall–Kier alpha value is -4.17. The van der Waals surface area contributed by atoms with Gasteiger partial charge in [-0.25, -0.2) is 9.78 Å². The molecule has 0 aliphatic heterocycles. The van der Waals surface area contributed by atoms with Crippen molar-refractivity contribution in [2.75, 3.05) is 18.6 Å². The Morgan fingerprint density at radius 1 is 1.03 bits per heavy atom. The molecule has 0 spiro atoms. The number of benzene rings is 3. The van der Waals surface area contributed by atoms with Gasteiger partial charge in [-0.3, -0.25) is 4.79 Å². The molecule has 37 heavy (non-hydrogen) atoms. The summed E-state index contributed by atoms with van der Waals surface area (Å²) in [5, 5.41) is 15.2. The topological polar surface area (TPSA) is 91.8 Å². The Morgan fingerprint density at radius 3 is 2.46 bits per heavy atom. The third kappa shape index (κ3) is 6.74. The largest absolute Gasteiger partial charge is 0.497 e. The van der Waals surface area contributed by atoms with E-state index in [4.69, 9.17) is 9.72 Å². The van der Waals surface area contributed by atoms with Crippen LogP contribution < -0.4 is 15.0 Å². The minimum absolute atomic E-state index is 0.219. The minimum atomic E-state index is -1.07. The fourth-order valence-electron chi connectivity index (χ4n) is 3.91. The summed E-state index contributed by atoms with van der Waals surface area (Å²) in [5.41, 5.74) is 4.19. The van der Waals surface area contributed by atoms with E-state index in [0.29, 0.717) is 12.1 Å². The number of carboxylic acids is 1. The van der Waals surface area contributed by atoms with E-state index in [1.807, 2.05) is 72.1 Å². The maximum absolute atomic E-state index is 12.7. The van der Waals surface area contributed by atoms with Gasteiger partial charge in [0.2, 0.25) is 0 Å². The van der Waals surface area contributed by atoms with Gasteiger partial charge in [-0.15, -0.1) is 11.3 Å². The lowest BCUT2D eigenvalue weighted by Gasteiger charge is -2.20. The second-order valence-corrected chi connectivity index (χ2v) is 9.35. The SMILES string of the molecule is CCN(Cc1ccc(C(=O)NC(Cc2ccccc2)C(=O)O)cc1)c1nc(-c2cccc(OC)c2)cs1. The first-order valence-corrected chi connectivity index (χ1v) is 12.9. The monoisotopic (exact) mass is 515 g/mol. The van der Waals surface area contributed by atoms with Crippen LogP contribution in [0.5, 0.6) is 5.75 Å². The number of anilines is 1. The fourth-order valence-corrected chi connectivity index (χ4v) is 4.81. The molecular weight excluding hydrogens is 486 g/mol. The average molecular weight is 516 g/mol. The van der Waals surface area contributed by atoms with Gasteiger partial charge in [0, 0.05) is 36.0 Å². The molecular formula is C29H29N3O4S. The molecule has 3 aromatic carbocycles. The molecule has 0 aliphatic carbocycles. The zero-order valence-corrected chi connectivity index (χ0v) is 21.6. The Kier molecular flexibility index (Phi) is 8.53. The highest BCUT2D eigenvalue weighted by Gasteiger charge is 2.21. The van der Waals surface area contributed by atoms with E-state index in [1.54, 1.807) is 30.6 Å². The summed E-state index contributed by atoms with van der Waals surface area (Å²) >= 11 is 1.58. The highest BCUT2D eigenvalue weighted by Crippen LogP contribution is 2.30. The molecule has 1 heterocycles. The number of thiazole rings is 1. The summed E-state index contributed by atoms with van der Waals surface area (Å²) in [4.78, 5) is 31.4. The van der Waals surface area contributed by atoms with Crippen LogP contribution in [0, 0.1) is 0 Å². The maximum atomic E-state index is 12.7. The van der Waals surface area contributed by atoms with Crippen LogP contribution in [0.2, 0.25) is 0 Å². The molecule has 0 radical (unpaired) electrons. The van der Waals surface area contributed by atoms with Crippen molar-refractivity contribution in [3.05, 3.63) is 101 Å². The first kappa shape index (κ1) is 25.9. The van der Waals surface area contributed by atoms with Crippen LogP contribution in [-0.4, -0.2) is 41.7 Å². The molecule has 2 N–H and O–H groups in total. The van der Waals surface area contributed by atoms with Crippen molar-refractivity contribution >= 4 is 28.3 Å². The highest BCUT2D eigenvalue weighted by molar-refractivity contribution is 7.14. The van der Waals surface area contributed by atoms with E-state index < -0.39 is 17.9 Å². The number of carbonyl (C=O) groups excluding carboxylic acids is 1. The third-order valence-corrected chi connectivity index (χ3v) is 6.89. The van der Waals surface area contributed by atoms with Crippen molar-refractivity contribution in [3.63, 3.8) is 0 Å². The van der Waals surface area contributed by atoms with E-state index in [9.17, 15) is 14.7 Å². The maximum Gasteiger partial charge on any atom is 0.326 e. The molecule has 0 saturated heterocycles. The zero-order valence-electron chi connectivity index (χ0n) is 20.8. The number of aliphatic carboxylic acids is 1. The van der Waals surface area contributed by atoms with Gasteiger partial charge in [0.15, 0.2) is 5.13 Å². The molecule has 4 rings (SSSR count). The number of aromatic nitrogens is 1. The molecule has 1 amide bonds. The smallest absolute Gasteiger partial charge is 0.326 e. The Morgan fingerprint density at radius 2 is 1.78 bits per heavy atom. The molecule has 7 nitrogen and oxygen atoms in total. The van der Waals surface area contributed by atoms with Crippen molar-refractivity contribution in [1.29, 1.82) is 0 Å². The predicted octanol–water partition coefficient (Wildman–Crippen LogP) is 5.27. The van der Waals surface area contributed by atoms with Gasteiger partial charge in [0.25, 0.3) is 5.91 Å². The van der Waals surface area contributed by atoms with E-state index in [-0.39, 0.29) is 6.42 Å². The second-order valence-electron chi connectivity index (χ2n) is 8.51. The lowest BCUT2D eigenvalue weighted by Crippen LogP contribution is -2.42. The molecule has 0 bridgehead atoms. The quantitative estimate of drug-likeness (QED) is 0.283. The van der Waals surface area contributed by atoms with Gasteiger partial charge in [-0.2, -0.15) is 0 Å². The molecule has 0 fully saturated rings. The lowest BCUT2D eigenvalue weighted by molar-refractivity contribution is -0.139. The van der Waals surface area contributed by atoms with E-state index >= 15 is 0 Å². The van der Waals surface area contributed by atoms with Crippen molar-refractivity contribution < 1.29 is 19.4 Å². The number of carbonyl (C=O) groups is 2. The number of carboxylic acid groups (broad SMARTS) is 1. The number of hydrogen-bond donors (Lipinski definition) is 2. The molecule has 190 valence electrons. The molecule has 1 aromatic heterocycles. The number of nitrogens with zero attached hydrogens (tertiary/aromatic N) is 2. The second kappa shape index (κ2) is 12.2. The zero-order chi connectivity index (χ0) is 26.2. The molecule has 0 aliphatic rings. The first-order chi connectivity index (χ1) is 18.0. The summed E-state index contributed by atoms with van der Waals surface area (Å²) in [5.74, 6) is -0.687. The normalized spacial score (nSPS) is 11.5.